The van der Waals surface area contributed by atoms with Gasteiger partial charge in [0.05, 0.1) is 12.4 Å². The van der Waals surface area contributed by atoms with Crippen LogP contribution in [0.15, 0.2) is 39.0 Å². The molecule has 0 amide bonds. The molecule has 0 bridgehead atoms. The predicted molar refractivity (Wildman–Crippen MR) is 108 cm³/mol. The number of ketones is 1. The van der Waals surface area contributed by atoms with Gasteiger partial charge in [0.15, 0.2) is 22.1 Å². The molecule has 0 aliphatic carbocycles. The lowest BCUT2D eigenvalue weighted by Gasteiger charge is -2.06. The summed E-state index contributed by atoms with van der Waals surface area (Å²) in [6.45, 7) is 2.76. The van der Waals surface area contributed by atoms with E-state index >= 15 is 0 Å². The van der Waals surface area contributed by atoms with Crippen molar-refractivity contribution in [2.45, 2.75) is 24.9 Å². The summed E-state index contributed by atoms with van der Waals surface area (Å²) < 4.78 is 8.47. The number of imidazole rings is 1. The maximum Gasteiger partial charge on any atom is 0.329 e. The van der Waals surface area contributed by atoms with Crippen molar-refractivity contribution in [2.75, 3.05) is 12.4 Å². The molecule has 3 aromatic rings. The number of nitrogens with one attached hydrogen (secondary N) is 1. The molecule has 0 radical (unpaired) electrons. The predicted octanol–water partition coefficient (Wildman–Crippen LogP) is 2.11. The van der Waals surface area contributed by atoms with E-state index in [2.05, 4.69) is 16.9 Å². The lowest BCUT2D eigenvalue weighted by Crippen LogP contribution is -2.29. The number of thioether (sulfide) groups is 1. The largest absolute Gasteiger partial charge is 0.494 e. The van der Waals surface area contributed by atoms with Crippen LogP contribution in [0.2, 0.25) is 0 Å². The van der Waals surface area contributed by atoms with Crippen LogP contribution in [-0.4, -0.2) is 37.2 Å². The average Bonchev–Trinajstić information content (AvgIpc) is 3.02. The first-order valence-corrected chi connectivity index (χ1v) is 9.95. The highest BCUT2D eigenvalue weighted by Crippen LogP contribution is 2.22. The lowest BCUT2D eigenvalue weighted by molar-refractivity contribution is 0.102. The van der Waals surface area contributed by atoms with E-state index in [0.717, 1.165) is 18.6 Å². The summed E-state index contributed by atoms with van der Waals surface area (Å²) in [5.74, 6) is 0.854. The fraction of sp³-hybridized carbons (Fsp3) is 0.368. The van der Waals surface area contributed by atoms with Crippen LogP contribution in [0.1, 0.15) is 30.1 Å². The zero-order chi connectivity index (χ0) is 20.3. The molecule has 8 nitrogen and oxygen atoms in total. The molecule has 2 aromatic heterocycles. The van der Waals surface area contributed by atoms with Crippen molar-refractivity contribution in [2.24, 2.45) is 14.1 Å². The van der Waals surface area contributed by atoms with Crippen molar-refractivity contribution >= 4 is 28.7 Å². The Hall–Kier alpha value is -2.81. The third kappa shape index (κ3) is 4.04. The number of fused-ring (bicyclic) bond motifs is 1. The molecule has 3 rings (SSSR count). The number of benzene rings is 1. The molecule has 28 heavy (non-hydrogen) atoms. The minimum Gasteiger partial charge on any atom is -0.494 e. The second-order valence-corrected chi connectivity index (χ2v) is 7.32. The van der Waals surface area contributed by atoms with Crippen LogP contribution in [0.3, 0.4) is 0 Å². The van der Waals surface area contributed by atoms with Gasteiger partial charge < -0.3 is 9.30 Å². The molecular weight excluding hydrogens is 380 g/mol. The first kappa shape index (κ1) is 19.9. The molecule has 1 N–H and O–H groups in total. The maximum atomic E-state index is 12.5. The van der Waals surface area contributed by atoms with E-state index in [0.29, 0.717) is 28.5 Å². The van der Waals surface area contributed by atoms with E-state index in [1.54, 1.807) is 35.9 Å². The van der Waals surface area contributed by atoms with Crippen molar-refractivity contribution < 1.29 is 9.53 Å². The van der Waals surface area contributed by atoms with Gasteiger partial charge in [0.1, 0.15) is 5.75 Å². The van der Waals surface area contributed by atoms with Crippen LogP contribution in [-0.2, 0) is 14.1 Å². The van der Waals surface area contributed by atoms with Crippen molar-refractivity contribution in [3.05, 3.63) is 50.7 Å². The second kappa shape index (κ2) is 8.47. The van der Waals surface area contributed by atoms with E-state index < -0.39 is 11.2 Å². The summed E-state index contributed by atoms with van der Waals surface area (Å²) in [7, 11) is 3.22. The van der Waals surface area contributed by atoms with Crippen LogP contribution < -0.4 is 16.0 Å². The monoisotopic (exact) mass is 402 g/mol. The zero-order valence-electron chi connectivity index (χ0n) is 16.0. The number of hydrogen-bond donors (Lipinski definition) is 1. The molecule has 9 heteroatoms. The Kier molecular flexibility index (Phi) is 6.03. The number of unbranched alkanes of at least 4 members (excludes halogenated alkanes) is 1. The van der Waals surface area contributed by atoms with E-state index in [1.165, 1.54) is 23.4 Å². The van der Waals surface area contributed by atoms with Crippen LogP contribution in [0, 0.1) is 0 Å². The zero-order valence-corrected chi connectivity index (χ0v) is 16.8. The molecule has 0 aliphatic heterocycles. The summed E-state index contributed by atoms with van der Waals surface area (Å²) in [6.07, 6.45) is 2.06. The van der Waals surface area contributed by atoms with Gasteiger partial charge in [-0.05, 0) is 30.7 Å². The second-order valence-electron chi connectivity index (χ2n) is 6.38. The summed E-state index contributed by atoms with van der Waals surface area (Å²) >= 11 is 1.22. The van der Waals surface area contributed by atoms with Crippen LogP contribution in [0.25, 0.3) is 11.2 Å². The molecule has 0 saturated heterocycles. The van der Waals surface area contributed by atoms with Gasteiger partial charge in [0, 0.05) is 19.7 Å². The average molecular weight is 402 g/mol. The molecule has 0 aliphatic rings. The molecule has 0 fully saturated rings. The van der Waals surface area contributed by atoms with Crippen molar-refractivity contribution in [1.29, 1.82) is 0 Å². The van der Waals surface area contributed by atoms with Crippen molar-refractivity contribution in [3.63, 3.8) is 0 Å². The van der Waals surface area contributed by atoms with Gasteiger partial charge in [-0.2, -0.15) is 0 Å². The minimum absolute atomic E-state index is 0.0556. The number of carbonyl (C=O) groups is 1. The Bertz CT molecular complexity index is 1110. The van der Waals surface area contributed by atoms with E-state index in [4.69, 9.17) is 4.74 Å². The maximum absolute atomic E-state index is 12.5. The number of hydrogen-bond acceptors (Lipinski definition) is 6. The Morgan fingerprint density at radius 3 is 2.57 bits per heavy atom. The molecule has 0 unspecified atom stereocenters. The van der Waals surface area contributed by atoms with Gasteiger partial charge in [-0.1, -0.05) is 25.1 Å². The van der Waals surface area contributed by atoms with E-state index in [1.807, 2.05) is 0 Å². The summed E-state index contributed by atoms with van der Waals surface area (Å²) in [5, 5.41) is 0.495. The minimum atomic E-state index is -0.524. The normalized spacial score (nSPS) is 11.1. The van der Waals surface area contributed by atoms with E-state index in [9.17, 15) is 14.4 Å². The van der Waals surface area contributed by atoms with Crippen molar-refractivity contribution in [1.82, 2.24) is 19.1 Å². The quantitative estimate of drug-likeness (QED) is 0.352. The first-order chi connectivity index (χ1) is 13.4. The Balaban J connectivity index is 1.72. The summed E-state index contributed by atoms with van der Waals surface area (Å²) in [6, 6.07) is 7.07. The molecule has 0 saturated carbocycles. The lowest BCUT2D eigenvalue weighted by atomic mass is 10.1. The van der Waals surface area contributed by atoms with Crippen LogP contribution in [0.4, 0.5) is 0 Å². The fourth-order valence-corrected chi connectivity index (χ4v) is 3.57. The Morgan fingerprint density at radius 2 is 1.89 bits per heavy atom. The summed E-state index contributed by atoms with van der Waals surface area (Å²) in [4.78, 5) is 42.9. The number of carbonyl (C=O) groups excluding carboxylic acids is 1. The van der Waals surface area contributed by atoms with Gasteiger partial charge in [-0.15, -0.1) is 0 Å². The SMILES string of the molecule is CCCCOc1ccc(C(=O)CSc2nc3c(c(=O)[nH]c(=O)n3C)n2C)cc1. The number of Topliss-reactive ketones (excluding diaryl/α,β-unsaturated/α-hetero) is 1. The van der Waals surface area contributed by atoms with Gasteiger partial charge in [0.2, 0.25) is 0 Å². The van der Waals surface area contributed by atoms with Gasteiger partial charge in [0.25, 0.3) is 5.56 Å². The summed E-state index contributed by atoms with van der Waals surface area (Å²) in [5.41, 5.74) is 0.152. The Morgan fingerprint density at radius 1 is 1.18 bits per heavy atom. The first-order valence-electron chi connectivity index (χ1n) is 8.97. The fourth-order valence-electron chi connectivity index (χ4n) is 2.70. The number of nitrogens with zero attached hydrogens (tertiary/aromatic N) is 3. The highest BCUT2D eigenvalue weighted by molar-refractivity contribution is 7.99. The van der Waals surface area contributed by atoms with E-state index in [-0.39, 0.29) is 11.5 Å². The smallest absolute Gasteiger partial charge is 0.329 e. The van der Waals surface area contributed by atoms with Gasteiger partial charge >= 0.3 is 5.69 Å². The third-order valence-corrected chi connectivity index (χ3v) is 5.40. The number of ether oxygens (including phenoxy) is 1. The van der Waals surface area contributed by atoms with Crippen LogP contribution >= 0.6 is 11.8 Å². The molecule has 1 aromatic carbocycles. The molecule has 0 spiro atoms. The number of rotatable bonds is 8. The number of aromatic amines is 1. The van der Waals surface area contributed by atoms with Gasteiger partial charge in [-0.3, -0.25) is 19.1 Å². The standard InChI is InChI=1S/C19H22N4O4S/c1-4-5-10-27-13-8-6-12(7-9-13)14(24)11-28-19-20-16-15(22(19)2)17(25)21-18(26)23(16)3/h6-9H,4-5,10-11H2,1-3H3,(H,21,25,26). The third-order valence-electron chi connectivity index (χ3n) is 4.37. The number of aromatic nitrogens is 4. The molecular formula is C19H22N4O4S. The number of H-pyrrole nitrogens is 1. The van der Waals surface area contributed by atoms with Crippen molar-refractivity contribution in [3.8, 4) is 5.75 Å². The van der Waals surface area contributed by atoms with Gasteiger partial charge in [-0.25, -0.2) is 9.78 Å². The highest BCUT2D eigenvalue weighted by atomic mass is 32.2. The molecule has 0 atom stereocenters. The van der Waals surface area contributed by atoms with Crippen LogP contribution in [0.5, 0.6) is 5.75 Å². The molecule has 2 heterocycles. The highest BCUT2D eigenvalue weighted by Gasteiger charge is 2.16. The Labute approximate surface area is 165 Å². The number of aryl methyl sites for hydroxylation is 2. The molecule has 148 valence electrons. The topological polar surface area (TPSA) is 99.0 Å².